The van der Waals surface area contributed by atoms with Gasteiger partial charge < -0.3 is 19.7 Å². The van der Waals surface area contributed by atoms with E-state index in [2.05, 4.69) is 15.2 Å². The van der Waals surface area contributed by atoms with Gasteiger partial charge in [-0.25, -0.2) is 19.8 Å². The van der Waals surface area contributed by atoms with Gasteiger partial charge in [-0.1, -0.05) is 42.5 Å². The van der Waals surface area contributed by atoms with Gasteiger partial charge in [0.1, 0.15) is 5.75 Å². The smallest absolute Gasteiger partial charge is 0.337 e. The van der Waals surface area contributed by atoms with E-state index >= 15 is 0 Å². The highest BCUT2D eigenvalue weighted by Gasteiger charge is 2.41. The fourth-order valence-corrected chi connectivity index (χ4v) is 5.65. The largest absolute Gasteiger partial charge is 0.492 e. The van der Waals surface area contributed by atoms with Crippen molar-refractivity contribution < 1.29 is 14.3 Å². The zero-order valence-electron chi connectivity index (χ0n) is 24.4. The molecule has 10 nitrogen and oxygen atoms in total. The summed E-state index contributed by atoms with van der Waals surface area (Å²) in [7, 11) is 1.38. The Bertz CT molecular complexity index is 1930. The topological polar surface area (TPSA) is 106 Å². The quantitative estimate of drug-likeness (QED) is 0.226. The third-order valence-corrected chi connectivity index (χ3v) is 7.59. The van der Waals surface area contributed by atoms with Crippen molar-refractivity contribution in [3.05, 3.63) is 120 Å². The molecule has 0 aliphatic carbocycles. The van der Waals surface area contributed by atoms with Crippen LogP contribution in [0.2, 0.25) is 0 Å². The summed E-state index contributed by atoms with van der Waals surface area (Å²) in [4.78, 5) is 29.3. The maximum absolute atomic E-state index is 12.3. The predicted octanol–water partition coefficient (Wildman–Crippen LogP) is 6.56. The van der Waals surface area contributed by atoms with Crippen LogP contribution in [0.1, 0.15) is 40.1 Å². The minimum atomic E-state index is -0.391. The van der Waals surface area contributed by atoms with Crippen molar-refractivity contribution in [1.29, 1.82) is 0 Å². The molecule has 1 atom stereocenters. The molecule has 5 aromatic rings. The maximum atomic E-state index is 12.3. The standard InChI is InChI=1S/C34H29N7O3/c1-4-44-27-14-8-6-12-25(27)37-31-33-38-32-29(21(2)39-41(32)28-15-9-10-20-35-28)30(22-16-18-23(19-17-22)34(42)43-3)40(33)26-13-7-5-11-24(26)36-31/h5-20,30H,4H2,1-3H3,(H,36,37)/t30-/m0/s1. The van der Waals surface area contributed by atoms with Gasteiger partial charge in [0.05, 0.1) is 48.1 Å². The lowest BCUT2D eigenvalue weighted by Gasteiger charge is -2.40. The number of benzene rings is 3. The number of anilines is 2. The van der Waals surface area contributed by atoms with Crippen LogP contribution in [0.3, 0.4) is 0 Å². The van der Waals surface area contributed by atoms with Crippen molar-refractivity contribution in [2.75, 3.05) is 23.9 Å². The number of nitrogens with one attached hydrogen (secondary N) is 1. The van der Waals surface area contributed by atoms with E-state index in [4.69, 9.17) is 24.6 Å². The fraction of sp³-hybridized carbons (Fsp3) is 0.147. The van der Waals surface area contributed by atoms with Crippen LogP contribution < -0.4 is 15.0 Å². The van der Waals surface area contributed by atoms with E-state index in [1.165, 1.54) is 7.11 Å². The maximum Gasteiger partial charge on any atom is 0.337 e. The van der Waals surface area contributed by atoms with E-state index in [9.17, 15) is 4.79 Å². The van der Waals surface area contributed by atoms with E-state index in [1.54, 1.807) is 23.0 Å². The number of para-hydroxylation sites is 4. The Hall–Kier alpha value is -5.77. The molecule has 1 N–H and O–H groups in total. The number of hydrogen-bond acceptors (Lipinski definition) is 9. The zero-order chi connectivity index (χ0) is 30.2. The summed E-state index contributed by atoms with van der Waals surface area (Å²) in [6.45, 7) is 4.46. The van der Waals surface area contributed by atoms with E-state index in [-0.39, 0.29) is 6.04 Å². The lowest BCUT2D eigenvalue weighted by Crippen LogP contribution is -2.46. The number of aromatic nitrogens is 3. The van der Waals surface area contributed by atoms with Crippen molar-refractivity contribution >= 4 is 40.5 Å². The molecule has 0 saturated carbocycles. The highest BCUT2D eigenvalue weighted by atomic mass is 16.5. The van der Waals surface area contributed by atoms with Crippen LogP contribution in [0.15, 0.2) is 107 Å². The lowest BCUT2D eigenvalue weighted by atomic mass is 9.92. The lowest BCUT2D eigenvalue weighted by molar-refractivity contribution is 0.0600. The number of methoxy groups -OCH3 is 1. The Morgan fingerprint density at radius 1 is 0.932 bits per heavy atom. The molecule has 0 amide bonds. The van der Waals surface area contributed by atoms with Crippen molar-refractivity contribution in [2.24, 2.45) is 9.98 Å². The summed E-state index contributed by atoms with van der Waals surface area (Å²) in [6, 6.07) is 28.6. The molecular formula is C34H29N7O3. The summed E-state index contributed by atoms with van der Waals surface area (Å²) in [5, 5.41) is 8.45. The number of aliphatic imine (C=N–C) groups is 2. The second-order valence-corrected chi connectivity index (χ2v) is 10.2. The monoisotopic (exact) mass is 583 g/mol. The molecule has 218 valence electrons. The Balaban J connectivity index is 1.46. The molecule has 0 radical (unpaired) electrons. The predicted molar refractivity (Wildman–Crippen MR) is 170 cm³/mol. The van der Waals surface area contributed by atoms with Crippen molar-refractivity contribution in [3.63, 3.8) is 0 Å². The number of rotatable bonds is 6. The number of esters is 1. The van der Waals surface area contributed by atoms with Crippen LogP contribution in [-0.2, 0) is 4.74 Å². The Labute approximate surface area is 254 Å². The van der Waals surface area contributed by atoms with Crippen LogP contribution >= 0.6 is 0 Å². The molecule has 3 aromatic carbocycles. The van der Waals surface area contributed by atoms with Crippen LogP contribution in [0.25, 0.3) is 5.82 Å². The average molecular weight is 584 g/mol. The highest BCUT2D eigenvalue weighted by Crippen LogP contribution is 2.48. The van der Waals surface area contributed by atoms with Crippen LogP contribution in [0.4, 0.5) is 22.9 Å². The van der Waals surface area contributed by atoms with Crippen molar-refractivity contribution in [2.45, 2.75) is 19.9 Å². The second-order valence-electron chi connectivity index (χ2n) is 10.2. The number of fused-ring (bicyclic) bond motifs is 4. The number of carbonyl (C=O) groups is 1. The molecule has 0 bridgehead atoms. The normalized spacial score (nSPS) is 14.9. The van der Waals surface area contributed by atoms with Gasteiger partial charge in [-0.15, -0.1) is 0 Å². The molecule has 44 heavy (non-hydrogen) atoms. The van der Waals surface area contributed by atoms with Gasteiger partial charge in [-0.05, 0) is 67.9 Å². The third-order valence-electron chi connectivity index (χ3n) is 7.59. The first-order chi connectivity index (χ1) is 21.6. The average Bonchev–Trinajstić information content (AvgIpc) is 3.40. The van der Waals surface area contributed by atoms with Crippen LogP contribution in [0, 0.1) is 6.92 Å². The first-order valence-electron chi connectivity index (χ1n) is 14.3. The molecule has 7 rings (SSSR count). The highest BCUT2D eigenvalue weighted by molar-refractivity contribution is 6.51. The van der Waals surface area contributed by atoms with Gasteiger partial charge in [0.25, 0.3) is 0 Å². The minimum absolute atomic E-state index is 0.350. The Morgan fingerprint density at radius 3 is 2.48 bits per heavy atom. The summed E-state index contributed by atoms with van der Waals surface area (Å²) >= 11 is 0. The number of ether oxygens (including phenoxy) is 2. The van der Waals surface area contributed by atoms with Crippen molar-refractivity contribution in [1.82, 2.24) is 14.8 Å². The number of pyridine rings is 1. The van der Waals surface area contributed by atoms with E-state index in [0.29, 0.717) is 41.2 Å². The summed E-state index contributed by atoms with van der Waals surface area (Å²) in [6.07, 6.45) is 1.74. The van der Waals surface area contributed by atoms with Gasteiger partial charge >= 0.3 is 5.97 Å². The summed E-state index contributed by atoms with van der Waals surface area (Å²) < 4.78 is 12.7. The fourth-order valence-electron chi connectivity index (χ4n) is 5.65. The van der Waals surface area contributed by atoms with Gasteiger partial charge in [-0.2, -0.15) is 9.78 Å². The molecule has 4 heterocycles. The number of amidine groups is 2. The summed E-state index contributed by atoms with van der Waals surface area (Å²) in [5.74, 6) is 2.80. The molecule has 2 aliphatic rings. The molecule has 0 unspecified atom stereocenters. The Kier molecular flexibility index (Phi) is 6.86. The molecule has 2 aliphatic heterocycles. The molecule has 10 heteroatoms. The number of aryl methyl sites for hydroxylation is 1. The SMILES string of the molecule is CCOc1ccccc1NC1=Nc2ccccc2N2C1=Nc1c(c(C)nn1-c1ccccn1)[C@@H]2c1ccc(C(=O)OC)cc1. The Morgan fingerprint density at radius 2 is 1.70 bits per heavy atom. The van der Waals surface area contributed by atoms with Gasteiger partial charge in [-0.3, -0.25) is 0 Å². The minimum Gasteiger partial charge on any atom is -0.492 e. The van der Waals surface area contributed by atoms with Crippen LogP contribution in [0.5, 0.6) is 5.75 Å². The number of carbonyl (C=O) groups excluding carboxylic acids is 1. The molecule has 2 aromatic heterocycles. The van der Waals surface area contributed by atoms with E-state index < -0.39 is 5.97 Å². The van der Waals surface area contributed by atoms with Gasteiger partial charge in [0.15, 0.2) is 23.3 Å². The zero-order valence-corrected chi connectivity index (χ0v) is 24.4. The second kappa shape index (κ2) is 11.1. The molecular weight excluding hydrogens is 554 g/mol. The van der Waals surface area contributed by atoms with E-state index in [0.717, 1.165) is 33.9 Å². The molecule has 0 saturated heterocycles. The van der Waals surface area contributed by atoms with Crippen LogP contribution in [-0.4, -0.2) is 46.1 Å². The summed E-state index contributed by atoms with van der Waals surface area (Å²) in [5.41, 5.74) is 5.61. The first-order valence-corrected chi connectivity index (χ1v) is 14.3. The van der Waals surface area contributed by atoms with E-state index in [1.807, 2.05) is 92.7 Å². The number of nitrogens with zero attached hydrogens (tertiary/aromatic N) is 6. The van der Waals surface area contributed by atoms with Crippen molar-refractivity contribution in [3.8, 4) is 11.6 Å². The molecule has 0 spiro atoms. The first kappa shape index (κ1) is 27.1. The third kappa shape index (κ3) is 4.57. The van der Waals surface area contributed by atoms with Gasteiger partial charge in [0.2, 0.25) is 0 Å². The van der Waals surface area contributed by atoms with Gasteiger partial charge in [0, 0.05) is 11.8 Å². The molecule has 0 fully saturated rings. The number of hydrogen-bond donors (Lipinski definition) is 1.